The number of hydrogen-bond acceptors (Lipinski definition) is 7. The summed E-state index contributed by atoms with van der Waals surface area (Å²) in [4.78, 5) is 13.9. The maximum atomic E-state index is 12.6. The Balaban J connectivity index is 1.72. The first kappa shape index (κ1) is 22.2. The van der Waals surface area contributed by atoms with E-state index in [1.165, 1.54) is 16.6 Å². The van der Waals surface area contributed by atoms with Gasteiger partial charge in [-0.15, -0.1) is 21.5 Å². The molecule has 160 valence electrons. The molecule has 1 N–H and O–H groups in total. The van der Waals surface area contributed by atoms with Crippen LogP contribution in [0.3, 0.4) is 0 Å². The molecule has 0 unspecified atom stereocenters. The molecule has 0 radical (unpaired) electrons. The summed E-state index contributed by atoms with van der Waals surface area (Å²) >= 11 is 3.11. The fourth-order valence-electron chi connectivity index (χ4n) is 2.95. The second-order valence-corrected chi connectivity index (χ2v) is 8.45. The number of aryl methyl sites for hydroxylation is 1. The van der Waals surface area contributed by atoms with Crippen molar-refractivity contribution in [1.29, 1.82) is 0 Å². The van der Waals surface area contributed by atoms with Crippen LogP contribution < -0.4 is 14.8 Å². The van der Waals surface area contributed by atoms with E-state index < -0.39 is 0 Å². The minimum absolute atomic E-state index is 0.150. The zero-order valence-electron chi connectivity index (χ0n) is 17.6. The molecular formula is C21H26N4O3S2. The summed E-state index contributed by atoms with van der Waals surface area (Å²) in [5, 5.41) is 14.5. The summed E-state index contributed by atoms with van der Waals surface area (Å²) in [7, 11) is 3.15. The Bertz CT molecular complexity index is 1000. The topological polar surface area (TPSA) is 78.3 Å². The van der Waals surface area contributed by atoms with Gasteiger partial charge in [0.05, 0.1) is 25.7 Å². The van der Waals surface area contributed by atoms with E-state index in [4.69, 9.17) is 9.47 Å². The van der Waals surface area contributed by atoms with Crippen molar-refractivity contribution in [1.82, 2.24) is 14.8 Å². The number of rotatable bonds is 10. The number of aromatic nitrogens is 3. The third-order valence-electron chi connectivity index (χ3n) is 4.44. The molecule has 2 heterocycles. The number of ether oxygens (including phenoxy) is 2. The summed E-state index contributed by atoms with van der Waals surface area (Å²) < 4.78 is 12.6. The minimum atomic E-state index is -0.150. The summed E-state index contributed by atoms with van der Waals surface area (Å²) in [5.41, 5.74) is 1.65. The van der Waals surface area contributed by atoms with Crippen LogP contribution in [0, 0.1) is 0 Å². The molecule has 0 aliphatic heterocycles. The number of carbonyl (C=O) groups excluding carboxylic acids is 1. The van der Waals surface area contributed by atoms with Crippen LogP contribution in [0.25, 0.3) is 11.4 Å². The predicted molar refractivity (Wildman–Crippen MR) is 122 cm³/mol. The van der Waals surface area contributed by atoms with Crippen molar-refractivity contribution in [2.45, 2.75) is 38.4 Å². The lowest BCUT2D eigenvalue weighted by Gasteiger charge is -2.12. The molecule has 0 saturated carbocycles. The van der Waals surface area contributed by atoms with Crippen LogP contribution in [0.1, 0.15) is 25.1 Å². The smallest absolute Gasteiger partial charge is 0.234 e. The van der Waals surface area contributed by atoms with E-state index in [2.05, 4.69) is 45.4 Å². The van der Waals surface area contributed by atoms with Gasteiger partial charge in [-0.3, -0.25) is 4.79 Å². The molecule has 0 atom stereocenters. The van der Waals surface area contributed by atoms with Crippen molar-refractivity contribution in [2.24, 2.45) is 0 Å². The van der Waals surface area contributed by atoms with Gasteiger partial charge in [-0.1, -0.05) is 25.6 Å². The van der Waals surface area contributed by atoms with E-state index in [1.54, 1.807) is 43.8 Å². The number of thiophene rings is 1. The Morgan fingerprint density at radius 3 is 2.70 bits per heavy atom. The lowest BCUT2D eigenvalue weighted by Crippen LogP contribution is -2.15. The molecule has 0 spiro atoms. The van der Waals surface area contributed by atoms with Gasteiger partial charge in [0.1, 0.15) is 11.5 Å². The number of benzene rings is 1. The summed E-state index contributed by atoms with van der Waals surface area (Å²) in [6.07, 6.45) is 1.96. The number of nitrogens with one attached hydrogen (secondary N) is 1. The molecule has 0 aliphatic carbocycles. The maximum absolute atomic E-state index is 12.6. The summed E-state index contributed by atoms with van der Waals surface area (Å²) in [5.74, 6) is 2.14. The third kappa shape index (κ3) is 5.14. The first-order chi connectivity index (χ1) is 14.6. The quantitative estimate of drug-likeness (QED) is 0.454. The molecule has 9 heteroatoms. The van der Waals surface area contributed by atoms with Gasteiger partial charge in [0, 0.05) is 28.4 Å². The molecule has 7 nitrogen and oxygen atoms in total. The van der Waals surface area contributed by atoms with E-state index in [-0.39, 0.29) is 11.7 Å². The lowest BCUT2D eigenvalue weighted by molar-refractivity contribution is -0.113. The average Bonchev–Trinajstić information content (AvgIpc) is 3.39. The Morgan fingerprint density at radius 1 is 1.20 bits per heavy atom. The molecular weight excluding hydrogens is 420 g/mol. The van der Waals surface area contributed by atoms with Crippen molar-refractivity contribution in [3.05, 3.63) is 34.5 Å². The van der Waals surface area contributed by atoms with Crippen LogP contribution in [0.15, 0.2) is 34.8 Å². The first-order valence-electron chi connectivity index (χ1n) is 9.75. The molecule has 1 aromatic carbocycles. The Morgan fingerprint density at radius 2 is 2.03 bits per heavy atom. The highest BCUT2D eigenvalue weighted by Gasteiger charge is 2.17. The standard InChI is InChI=1S/C21H26N4O3S2/c1-5-9-25-20(14-10-16(6-2)29-12-14)23-24-21(25)30-13-19(26)22-17-11-15(27-3)7-8-18(17)28-4/h7-8,10-12H,5-6,9,13H2,1-4H3,(H,22,26). The number of hydrogen-bond donors (Lipinski definition) is 1. The fourth-order valence-corrected chi connectivity index (χ4v) is 4.52. The van der Waals surface area contributed by atoms with Crippen LogP contribution in [0.5, 0.6) is 11.5 Å². The second kappa shape index (κ2) is 10.5. The first-order valence-corrected chi connectivity index (χ1v) is 11.6. The Hall–Kier alpha value is -2.52. The molecule has 2 aromatic heterocycles. The molecule has 30 heavy (non-hydrogen) atoms. The summed E-state index contributed by atoms with van der Waals surface area (Å²) in [6, 6.07) is 7.45. The molecule has 0 bridgehead atoms. The van der Waals surface area contributed by atoms with E-state index in [1.807, 2.05) is 0 Å². The van der Waals surface area contributed by atoms with Crippen molar-refractivity contribution < 1.29 is 14.3 Å². The van der Waals surface area contributed by atoms with Crippen molar-refractivity contribution in [3.8, 4) is 22.9 Å². The van der Waals surface area contributed by atoms with Crippen LogP contribution in [0.2, 0.25) is 0 Å². The van der Waals surface area contributed by atoms with Crippen molar-refractivity contribution in [2.75, 3.05) is 25.3 Å². The third-order valence-corrected chi connectivity index (χ3v) is 6.49. The maximum Gasteiger partial charge on any atom is 0.234 e. The highest BCUT2D eigenvalue weighted by atomic mass is 32.2. The van der Waals surface area contributed by atoms with Gasteiger partial charge in [0.15, 0.2) is 11.0 Å². The largest absolute Gasteiger partial charge is 0.497 e. The van der Waals surface area contributed by atoms with Gasteiger partial charge in [-0.05, 0) is 31.0 Å². The predicted octanol–water partition coefficient (Wildman–Crippen LogP) is 4.73. The zero-order valence-corrected chi connectivity index (χ0v) is 19.2. The van der Waals surface area contributed by atoms with Gasteiger partial charge in [0.2, 0.25) is 5.91 Å². The highest BCUT2D eigenvalue weighted by Crippen LogP contribution is 2.30. The van der Waals surface area contributed by atoms with E-state index >= 15 is 0 Å². The average molecular weight is 447 g/mol. The van der Waals surface area contributed by atoms with E-state index in [9.17, 15) is 4.79 Å². The van der Waals surface area contributed by atoms with Crippen LogP contribution in [-0.4, -0.2) is 40.6 Å². The van der Waals surface area contributed by atoms with Gasteiger partial charge in [-0.2, -0.15) is 0 Å². The van der Waals surface area contributed by atoms with Crippen molar-refractivity contribution >= 4 is 34.7 Å². The van der Waals surface area contributed by atoms with Crippen molar-refractivity contribution in [3.63, 3.8) is 0 Å². The molecule has 0 fully saturated rings. The normalized spacial score (nSPS) is 10.8. The number of methoxy groups -OCH3 is 2. The number of nitrogens with zero attached hydrogens (tertiary/aromatic N) is 3. The van der Waals surface area contributed by atoms with Gasteiger partial charge in [-0.25, -0.2) is 0 Å². The molecule has 3 rings (SSSR count). The monoisotopic (exact) mass is 446 g/mol. The number of thioether (sulfide) groups is 1. The zero-order chi connectivity index (χ0) is 21.5. The van der Waals surface area contributed by atoms with Gasteiger partial charge in [0.25, 0.3) is 0 Å². The molecule has 0 saturated heterocycles. The van der Waals surface area contributed by atoms with E-state index in [0.717, 1.165) is 35.9 Å². The Kier molecular flexibility index (Phi) is 7.75. The van der Waals surface area contributed by atoms with Gasteiger partial charge < -0.3 is 19.4 Å². The number of carbonyl (C=O) groups is 1. The summed E-state index contributed by atoms with van der Waals surface area (Å²) in [6.45, 7) is 5.06. The molecule has 0 aliphatic rings. The van der Waals surface area contributed by atoms with Crippen LogP contribution >= 0.6 is 23.1 Å². The Labute approximate surface area is 184 Å². The highest BCUT2D eigenvalue weighted by molar-refractivity contribution is 7.99. The molecule has 1 amide bonds. The number of amides is 1. The second-order valence-electron chi connectivity index (χ2n) is 6.52. The fraction of sp³-hybridized carbons (Fsp3) is 0.381. The van der Waals surface area contributed by atoms with Gasteiger partial charge >= 0.3 is 0 Å². The van der Waals surface area contributed by atoms with E-state index in [0.29, 0.717) is 17.2 Å². The minimum Gasteiger partial charge on any atom is -0.497 e. The molecule has 3 aromatic rings. The van der Waals surface area contributed by atoms with Crippen LogP contribution in [-0.2, 0) is 17.8 Å². The SMILES string of the molecule is CCCn1c(SCC(=O)Nc2cc(OC)ccc2OC)nnc1-c1csc(CC)c1. The van der Waals surface area contributed by atoms with Crippen LogP contribution in [0.4, 0.5) is 5.69 Å². The number of anilines is 1. The lowest BCUT2D eigenvalue weighted by atomic mass is 10.2.